The topological polar surface area (TPSA) is 35.5 Å². The number of fused-ring (bicyclic) bond motifs is 1. The van der Waals surface area contributed by atoms with Crippen LogP contribution in [0.1, 0.15) is 23.7 Å². The van der Waals surface area contributed by atoms with Crippen molar-refractivity contribution in [3.63, 3.8) is 0 Å². The molecular formula is C16H23ClN2OS. The van der Waals surface area contributed by atoms with Crippen molar-refractivity contribution < 1.29 is 5.11 Å². The first kappa shape index (κ1) is 16.7. The van der Waals surface area contributed by atoms with E-state index in [4.69, 9.17) is 0 Å². The lowest BCUT2D eigenvalue weighted by Crippen LogP contribution is -2.44. The Hall–Kier alpha value is -0.650. The number of aryl methyl sites for hydroxylation is 1. The van der Waals surface area contributed by atoms with Crippen molar-refractivity contribution in [3.8, 4) is 0 Å². The number of hydrogen-bond donors (Lipinski definition) is 2. The number of piperazine rings is 1. The number of thiophene rings is 1. The highest BCUT2D eigenvalue weighted by atomic mass is 35.5. The van der Waals surface area contributed by atoms with Gasteiger partial charge in [0, 0.05) is 37.4 Å². The normalized spacial score (nSPS) is 17.6. The van der Waals surface area contributed by atoms with E-state index in [1.165, 1.54) is 15.6 Å². The van der Waals surface area contributed by atoms with E-state index in [1.807, 2.05) is 0 Å². The van der Waals surface area contributed by atoms with Crippen LogP contribution in [0.5, 0.6) is 0 Å². The van der Waals surface area contributed by atoms with E-state index >= 15 is 0 Å². The van der Waals surface area contributed by atoms with Gasteiger partial charge in [0.2, 0.25) is 0 Å². The molecule has 3 nitrogen and oxygen atoms in total. The Morgan fingerprint density at radius 3 is 2.86 bits per heavy atom. The Kier molecular flexibility index (Phi) is 6.02. The second-order valence-corrected chi connectivity index (χ2v) is 6.50. The van der Waals surface area contributed by atoms with Crippen molar-refractivity contribution in [1.82, 2.24) is 10.2 Å². The van der Waals surface area contributed by atoms with Crippen LogP contribution in [0.3, 0.4) is 0 Å². The highest BCUT2D eigenvalue weighted by molar-refractivity contribution is 7.17. The summed E-state index contributed by atoms with van der Waals surface area (Å²) in [5.41, 5.74) is 2.36. The van der Waals surface area contributed by atoms with E-state index in [-0.39, 0.29) is 18.5 Å². The Labute approximate surface area is 136 Å². The Morgan fingerprint density at radius 2 is 2.10 bits per heavy atom. The zero-order valence-electron chi connectivity index (χ0n) is 12.3. The third kappa shape index (κ3) is 3.96. The van der Waals surface area contributed by atoms with Crippen molar-refractivity contribution in [2.45, 2.75) is 19.4 Å². The molecule has 1 aromatic heterocycles. The van der Waals surface area contributed by atoms with Gasteiger partial charge in [-0.05, 0) is 35.7 Å². The lowest BCUT2D eigenvalue weighted by molar-refractivity contribution is 0.138. The van der Waals surface area contributed by atoms with Gasteiger partial charge in [0.05, 0.1) is 6.10 Å². The lowest BCUT2D eigenvalue weighted by Gasteiger charge is -2.27. The molecule has 0 aliphatic carbocycles. The molecule has 1 aliphatic rings. The Balaban J connectivity index is 0.00000161. The molecule has 2 aromatic rings. The molecule has 0 radical (unpaired) electrons. The van der Waals surface area contributed by atoms with Gasteiger partial charge in [-0.25, -0.2) is 0 Å². The smallest absolute Gasteiger partial charge is 0.0816 e. The van der Waals surface area contributed by atoms with Crippen LogP contribution in [0.15, 0.2) is 23.6 Å². The minimum Gasteiger partial charge on any atom is -0.388 e. The molecule has 3 rings (SSSR count). The molecule has 2 heterocycles. The fourth-order valence-corrected chi connectivity index (χ4v) is 3.80. The maximum Gasteiger partial charge on any atom is 0.0816 e. The number of hydrogen-bond acceptors (Lipinski definition) is 4. The zero-order chi connectivity index (χ0) is 13.9. The van der Waals surface area contributed by atoms with Crippen LogP contribution in [0.4, 0.5) is 0 Å². The maximum absolute atomic E-state index is 10.5. The summed E-state index contributed by atoms with van der Waals surface area (Å²) in [6, 6.07) is 6.48. The molecule has 1 aromatic carbocycles. The summed E-state index contributed by atoms with van der Waals surface area (Å²) >= 11 is 1.73. The summed E-state index contributed by atoms with van der Waals surface area (Å²) in [4.78, 5) is 2.43. The van der Waals surface area contributed by atoms with Crippen molar-refractivity contribution in [3.05, 3.63) is 34.7 Å². The molecule has 0 amide bonds. The molecule has 21 heavy (non-hydrogen) atoms. The monoisotopic (exact) mass is 326 g/mol. The minimum absolute atomic E-state index is 0. The molecule has 0 saturated carbocycles. The molecule has 1 unspecified atom stereocenters. The SMILES string of the molecule is Cc1ccc2scc(C(O)CCN3CCNCC3)c2c1.Cl. The Morgan fingerprint density at radius 1 is 1.33 bits per heavy atom. The van der Waals surface area contributed by atoms with Crippen LogP contribution >= 0.6 is 23.7 Å². The predicted octanol–water partition coefficient (Wildman–Crippen LogP) is 2.96. The first-order valence-corrected chi connectivity index (χ1v) is 8.21. The van der Waals surface area contributed by atoms with E-state index < -0.39 is 0 Å². The zero-order valence-corrected chi connectivity index (χ0v) is 14.0. The number of aliphatic hydroxyl groups excluding tert-OH is 1. The van der Waals surface area contributed by atoms with Gasteiger partial charge in [0.15, 0.2) is 0 Å². The number of aliphatic hydroxyl groups is 1. The molecule has 1 fully saturated rings. The summed E-state index contributed by atoms with van der Waals surface area (Å²) in [5.74, 6) is 0. The number of benzene rings is 1. The van der Waals surface area contributed by atoms with E-state index in [0.717, 1.165) is 44.7 Å². The first-order chi connectivity index (χ1) is 9.74. The molecule has 1 atom stereocenters. The van der Waals surface area contributed by atoms with Crippen molar-refractivity contribution in [2.75, 3.05) is 32.7 Å². The average molecular weight is 327 g/mol. The summed E-state index contributed by atoms with van der Waals surface area (Å²) in [5, 5.41) is 17.2. The third-order valence-electron chi connectivity index (χ3n) is 4.05. The second kappa shape index (κ2) is 7.56. The van der Waals surface area contributed by atoms with Crippen LogP contribution in [-0.4, -0.2) is 42.7 Å². The molecule has 1 aliphatic heterocycles. The standard InChI is InChI=1S/C16H22N2OS.ClH/c1-12-2-3-16-13(10-12)14(11-20-16)15(19)4-7-18-8-5-17-6-9-18;/h2-3,10-11,15,17,19H,4-9H2,1H3;1H. The number of nitrogens with one attached hydrogen (secondary N) is 1. The van der Waals surface area contributed by atoms with E-state index in [1.54, 1.807) is 11.3 Å². The fourth-order valence-electron chi connectivity index (χ4n) is 2.82. The van der Waals surface area contributed by atoms with Crippen molar-refractivity contribution >= 4 is 33.8 Å². The second-order valence-electron chi connectivity index (χ2n) is 5.59. The van der Waals surface area contributed by atoms with Gasteiger partial charge in [0.25, 0.3) is 0 Å². The minimum atomic E-state index is -0.347. The Bertz CT molecular complexity index is 581. The first-order valence-electron chi connectivity index (χ1n) is 7.33. The fraction of sp³-hybridized carbons (Fsp3) is 0.500. The number of nitrogens with zero attached hydrogens (tertiary/aromatic N) is 1. The molecule has 0 bridgehead atoms. The lowest BCUT2D eigenvalue weighted by atomic mass is 10.0. The van der Waals surface area contributed by atoms with E-state index in [0.29, 0.717) is 0 Å². The van der Waals surface area contributed by atoms with Gasteiger partial charge in [0.1, 0.15) is 0 Å². The summed E-state index contributed by atoms with van der Waals surface area (Å²) in [7, 11) is 0. The molecule has 5 heteroatoms. The molecular weight excluding hydrogens is 304 g/mol. The quantitative estimate of drug-likeness (QED) is 0.906. The van der Waals surface area contributed by atoms with Crippen LogP contribution in [0, 0.1) is 6.92 Å². The van der Waals surface area contributed by atoms with Gasteiger partial charge >= 0.3 is 0 Å². The molecule has 2 N–H and O–H groups in total. The van der Waals surface area contributed by atoms with Crippen molar-refractivity contribution in [2.24, 2.45) is 0 Å². The van der Waals surface area contributed by atoms with Gasteiger partial charge in [-0.15, -0.1) is 23.7 Å². The van der Waals surface area contributed by atoms with Gasteiger partial charge in [-0.1, -0.05) is 17.7 Å². The maximum atomic E-state index is 10.5. The largest absolute Gasteiger partial charge is 0.388 e. The average Bonchev–Trinajstić information content (AvgIpc) is 2.89. The van der Waals surface area contributed by atoms with Gasteiger partial charge in [-0.3, -0.25) is 0 Å². The molecule has 1 saturated heterocycles. The van der Waals surface area contributed by atoms with E-state index in [9.17, 15) is 5.11 Å². The van der Waals surface area contributed by atoms with Crippen LogP contribution in [-0.2, 0) is 0 Å². The number of rotatable bonds is 4. The highest BCUT2D eigenvalue weighted by Gasteiger charge is 2.16. The number of halogens is 1. The van der Waals surface area contributed by atoms with Gasteiger partial charge < -0.3 is 15.3 Å². The van der Waals surface area contributed by atoms with Crippen LogP contribution < -0.4 is 5.32 Å². The van der Waals surface area contributed by atoms with Crippen LogP contribution in [0.2, 0.25) is 0 Å². The summed E-state index contributed by atoms with van der Waals surface area (Å²) in [6.07, 6.45) is 0.472. The molecule has 0 spiro atoms. The van der Waals surface area contributed by atoms with Gasteiger partial charge in [-0.2, -0.15) is 0 Å². The predicted molar refractivity (Wildman–Crippen MR) is 92.7 cm³/mol. The highest BCUT2D eigenvalue weighted by Crippen LogP contribution is 2.32. The van der Waals surface area contributed by atoms with Crippen LogP contribution in [0.25, 0.3) is 10.1 Å². The van der Waals surface area contributed by atoms with Crippen molar-refractivity contribution in [1.29, 1.82) is 0 Å². The van der Waals surface area contributed by atoms with E-state index in [2.05, 4.69) is 40.7 Å². The summed E-state index contributed by atoms with van der Waals surface area (Å²) in [6.45, 7) is 7.40. The third-order valence-corrected chi connectivity index (χ3v) is 5.03. The summed E-state index contributed by atoms with van der Waals surface area (Å²) < 4.78 is 1.27. The molecule has 116 valence electrons.